The number of aliphatic hydroxyl groups excluding tert-OH is 2. The van der Waals surface area contributed by atoms with Crippen LogP contribution in [0, 0.1) is 17.1 Å². The molecule has 0 fully saturated rings. The first kappa shape index (κ1) is 10.4. The lowest BCUT2D eigenvalue weighted by Crippen LogP contribution is -2.18. The molecule has 1 aromatic heterocycles. The molecule has 0 aliphatic heterocycles. The van der Waals surface area contributed by atoms with E-state index < -0.39 is 18.0 Å². The highest BCUT2D eigenvalue weighted by Gasteiger charge is 2.21. The summed E-state index contributed by atoms with van der Waals surface area (Å²) in [6.45, 7) is 0. The van der Waals surface area contributed by atoms with Crippen molar-refractivity contribution in [3.63, 3.8) is 0 Å². The normalized spacial score (nSPS) is 14.4. The SMILES string of the molecule is N#CC(O)C(O)c1cc(F)cnc1N. The number of hydrogen-bond acceptors (Lipinski definition) is 5. The average Bonchev–Trinajstić information content (AvgIpc) is 2.19. The number of anilines is 1. The first-order valence-electron chi connectivity index (χ1n) is 3.73. The monoisotopic (exact) mass is 197 g/mol. The van der Waals surface area contributed by atoms with E-state index in [0.717, 1.165) is 12.3 Å². The van der Waals surface area contributed by atoms with Gasteiger partial charge in [-0.2, -0.15) is 5.26 Å². The minimum absolute atomic E-state index is 0.0981. The molecule has 0 amide bonds. The third-order valence-electron chi connectivity index (χ3n) is 1.67. The van der Waals surface area contributed by atoms with Gasteiger partial charge in [0, 0.05) is 5.56 Å². The molecular weight excluding hydrogens is 189 g/mol. The van der Waals surface area contributed by atoms with Crippen LogP contribution in [0.3, 0.4) is 0 Å². The summed E-state index contributed by atoms with van der Waals surface area (Å²) < 4.78 is 12.7. The van der Waals surface area contributed by atoms with Crippen LogP contribution in [0.5, 0.6) is 0 Å². The Labute approximate surface area is 79.2 Å². The Kier molecular flexibility index (Phi) is 2.96. The van der Waals surface area contributed by atoms with Gasteiger partial charge in [0.1, 0.15) is 17.7 Å². The van der Waals surface area contributed by atoms with E-state index in [0.29, 0.717) is 0 Å². The van der Waals surface area contributed by atoms with Gasteiger partial charge in [0.15, 0.2) is 6.10 Å². The minimum Gasteiger partial charge on any atom is -0.384 e. The number of nitrogens with zero attached hydrogens (tertiary/aromatic N) is 2. The molecular formula is C8H8FN3O2. The van der Waals surface area contributed by atoms with Crippen molar-refractivity contribution >= 4 is 5.82 Å². The second kappa shape index (κ2) is 4.00. The van der Waals surface area contributed by atoms with Crippen LogP contribution in [0.25, 0.3) is 0 Å². The number of nitrogens with two attached hydrogens (primary N) is 1. The maximum atomic E-state index is 12.7. The minimum atomic E-state index is -1.65. The van der Waals surface area contributed by atoms with Gasteiger partial charge in [0.2, 0.25) is 0 Å². The van der Waals surface area contributed by atoms with Crippen molar-refractivity contribution in [1.82, 2.24) is 4.98 Å². The molecule has 1 rings (SSSR count). The van der Waals surface area contributed by atoms with Gasteiger partial charge in [0.25, 0.3) is 0 Å². The topological polar surface area (TPSA) is 103 Å². The zero-order valence-corrected chi connectivity index (χ0v) is 7.05. The van der Waals surface area contributed by atoms with Crippen LogP contribution in [0.1, 0.15) is 11.7 Å². The number of aliphatic hydroxyl groups is 2. The summed E-state index contributed by atoms with van der Waals surface area (Å²) in [7, 11) is 0. The van der Waals surface area contributed by atoms with E-state index in [1.165, 1.54) is 6.07 Å². The van der Waals surface area contributed by atoms with Gasteiger partial charge in [-0.15, -0.1) is 0 Å². The quantitative estimate of drug-likeness (QED) is 0.566. The van der Waals surface area contributed by atoms with Crippen molar-refractivity contribution in [1.29, 1.82) is 5.26 Å². The van der Waals surface area contributed by atoms with E-state index in [9.17, 15) is 9.50 Å². The molecule has 4 N–H and O–H groups in total. The first-order valence-corrected chi connectivity index (χ1v) is 3.73. The molecule has 0 spiro atoms. The zero-order chi connectivity index (χ0) is 10.7. The highest BCUT2D eigenvalue weighted by Crippen LogP contribution is 2.21. The maximum Gasteiger partial charge on any atom is 0.170 e. The summed E-state index contributed by atoms with van der Waals surface area (Å²) in [5.74, 6) is -0.813. The zero-order valence-electron chi connectivity index (χ0n) is 7.05. The summed E-state index contributed by atoms with van der Waals surface area (Å²) >= 11 is 0. The second-order valence-corrected chi connectivity index (χ2v) is 2.65. The number of hydrogen-bond donors (Lipinski definition) is 3. The summed E-state index contributed by atoms with van der Waals surface area (Å²) in [5.41, 5.74) is 5.23. The van der Waals surface area contributed by atoms with Crippen molar-refractivity contribution in [3.05, 3.63) is 23.6 Å². The molecule has 14 heavy (non-hydrogen) atoms. The van der Waals surface area contributed by atoms with Gasteiger partial charge < -0.3 is 15.9 Å². The molecule has 0 saturated carbocycles. The Hall–Kier alpha value is -1.71. The molecule has 0 radical (unpaired) electrons. The van der Waals surface area contributed by atoms with Crippen molar-refractivity contribution in [3.8, 4) is 6.07 Å². The van der Waals surface area contributed by atoms with Crippen molar-refractivity contribution in [2.45, 2.75) is 12.2 Å². The van der Waals surface area contributed by atoms with Crippen molar-refractivity contribution in [2.75, 3.05) is 5.73 Å². The van der Waals surface area contributed by atoms with Crippen LogP contribution in [0.4, 0.5) is 10.2 Å². The Balaban J connectivity index is 3.07. The highest BCUT2D eigenvalue weighted by molar-refractivity contribution is 5.41. The number of nitrogen functional groups attached to an aromatic ring is 1. The van der Waals surface area contributed by atoms with Gasteiger partial charge in [-0.05, 0) is 6.07 Å². The predicted octanol–water partition coefficient (Wildman–Crippen LogP) is -0.279. The molecule has 1 heterocycles. The number of halogens is 1. The van der Waals surface area contributed by atoms with Gasteiger partial charge >= 0.3 is 0 Å². The number of pyridine rings is 1. The molecule has 1 aromatic rings. The van der Waals surface area contributed by atoms with Gasteiger partial charge in [-0.25, -0.2) is 9.37 Å². The van der Waals surface area contributed by atoms with Gasteiger partial charge in [-0.3, -0.25) is 0 Å². The number of nitriles is 1. The van der Waals surface area contributed by atoms with Crippen LogP contribution in [-0.2, 0) is 0 Å². The van der Waals surface area contributed by atoms with Gasteiger partial charge in [0.05, 0.1) is 12.3 Å². The van der Waals surface area contributed by atoms with E-state index >= 15 is 0 Å². The summed E-state index contributed by atoms with van der Waals surface area (Å²) in [6.07, 6.45) is -2.33. The molecule has 2 atom stereocenters. The maximum absolute atomic E-state index is 12.7. The molecule has 2 unspecified atom stereocenters. The molecule has 0 aliphatic rings. The molecule has 0 saturated heterocycles. The van der Waals surface area contributed by atoms with Crippen LogP contribution in [0.15, 0.2) is 12.3 Å². The van der Waals surface area contributed by atoms with Crippen LogP contribution < -0.4 is 5.73 Å². The smallest absolute Gasteiger partial charge is 0.170 e. The molecule has 0 aliphatic carbocycles. The lowest BCUT2D eigenvalue weighted by atomic mass is 10.1. The molecule has 6 heteroatoms. The lowest BCUT2D eigenvalue weighted by Gasteiger charge is -2.13. The Morgan fingerprint density at radius 3 is 2.79 bits per heavy atom. The second-order valence-electron chi connectivity index (χ2n) is 2.65. The van der Waals surface area contributed by atoms with Gasteiger partial charge in [-0.1, -0.05) is 0 Å². The van der Waals surface area contributed by atoms with E-state index in [1.807, 2.05) is 0 Å². The van der Waals surface area contributed by atoms with Crippen LogP contribution >= 0.6 is 0 Å². The fourth-order valence-corrected chi connectivity index (χ4v) is 0.943. The predicted molar refractivity (Wildman–Crippen MR) is 45.2 cm³/mol. The third kappa shape index (κ3) is 1.96. The van der Waals surface area contributed by atoms with E-state index in [2.05, 4.69) is 4.98 Å². The van der Waals surface area contributed by atoms with E-state index in [4.69, 9.17) is 16.1 Å². The summed E-state index contributed by atoms with van der Waals surface area (Å²) in [6, 6.07) is 2.33. The fourth-order valence-electron chi connectivity index (χ4n) is 0.943. The van der Waals surface area contributed by atoms with Crippen molar-refractivity contribution in [2.24, 2.45) is 0 Å². The van der Waals surface area contributed by atoms with Crippen LogP contribution in [0.2, 0.25) is 0 Å². The third-order valence-corrected chi connectivity index (χ3v) is 1.67. The Morgan fingerprint density at radius 2 is 2.21 bits per heavy atom. The average molecular weight is 197 g/mol. The van der Waals surface area contributed by atoms with E-state index in [1.54, 1.807) is 0 Å². The molecule has 74 valence electrons. The first-order chi connectivity index (χ1) is 6.56. The number of rotatable bonds is 2. The lowest BCUT2D eigenvalue weighted by molar-refractivity contribution is 0.0529. The Morgan fingerprint density at radius 1 is 1.57 bits per heavy atom. The highest BCUT2D eigenvalue weighted by atomic mass is 19.1. The van der Waals surface area contributed by atoms with Crippen LogP contribution in [-0.4, -0.2) is 21.3 Å². The Bertz CT molecular complexity index is 377. The summed E-state index contributed by atoms with van der Waals surface area (Å²) in [4.78, 5) is 3.44. The summed E-state index contributed by atoms with van der Waals surface area (Å²) in [5, 5.41) is 26.6. The standard InChI is InChI=1S/C8H8FN3O2/c9-4-1-5(8(11)12-3-4)7(14)6(13)2-10/h1,3,6-7,13-14H,(H2,11,12). The van der Waals surface area contributed by atoms with E-state index in [-0.39, 0.29) is 11.4 Å². The molecule has 0 bridgehead atoms. The number of aromatic nitrogens is 1. The van der Waals surface area contributed by atoms with Crippen molar-refractivity contribution < 1.29 is 14.6 Å². The largest absolute Gasteiger partial charge is 0.384 e. The molecule has 0 aromatic carbocycles. The fraction of sp³-hybridized carbons (Fsp3) is 0.250. The molecule has 5 nitrogen and oxygen atoms in total.